The number of nitrogens with zero attached hydrogens (tertiary/aromatic N) is 2. The number of rotatable bonds is 1. The van der Waals surface area contributed by atoms with E-state index in [1.807, 2.05) is 0 Å². The molecule has 0 fully saturated rings. The zero-order valence-electron chi connectivity index (χ0n) is 8.97. The highest BCUT2D eigenvalue weighted by molar-refractivity contribution is 6.74. The first-order chi connectivity index (χ1) is 7.67. The van der Waals surface area contributed by atoms with Gasteiger partial charge >= 0.3 is 6.03 Å². The number of hydrogen-bond donors (Lipinski definition) is 2. The number of alkyl halides is 4. The molecule has 0 aromatic rings. The van der Waals surface area contributed by atoms with Crippen LogP contribution < -0.4 is 10.7 Å². The lowest BCUT2D eigenvalue weighted by Gasteiger charge is -2.34. The maximum absolute atomic E-state index is 11.4. The van der Waals surface area contributed by atoms with Crippen molar-refractivity contribution in [1.82, 2.24) is 10.7 Å². The first-order valence-electron chi connectivity index (χ1n) is 4.62. The number of hydrogen-bond acceptors (Lipinski definition) is 3. The van der Waals surface area contributed by atoms with Crippen LogP contribution in [0.25, 0.3) is 0 Å². The molecule has 2 amide bonds. The van der Waals surface area contributed by atoms with E-state index in [1.54, 1.807) is 13.8 Å². The molecule has 0 spiro atoms. The molecule has 0 bridgehead atoms. The third kappa shape index (κ3) is 3.37. The fourth-order valence-corrected chi connectivity index (χ4v) is 1.53. The summed E-state index contributed by atoms with van der Waals surface area (Å²) < 4.78 is -3.55. The predicted octanol–water partition coefficient (Wildman–Crippen LogP) is 2.44. The van der Waals surface area contributed by atoms with Crippen LogP contribution in [0.3, 0.4) is 0 Å². The molecule has 1 aliphatic heterocycles. The highest BCUT2D eigenvalue weighted by Gasteiger charge is 2.53. The minimum Gasteiger partial charge on any atom is -0.334 e. The Balaban J connectivity index is 2.97. The standard InChI is InChI=1S/C8H10Cl4N4O/c1-4(2)14-6(17)15-5-3-13-16-8(11,12)7(5,9)10/h3-4,16H,1-2H3,(H,14,17). The fourth-order valence-electron chi connectivity index (χ4n) is 0.974. The van der Waals surface area contributed by atoms with Crippen LogP contribution in [0.5, 0.6) is 0 Å². The normalized spacial score (nSPS) is 23.6. The molecule has 1 heterocycles. The van der Waals surface area contributed by atoms with E-state index >= 15 is 0 Å². The van der Waals surface area contributed by atoms with Crippen molar-refractivity contribution in [2.45, 2.75) is 28.7 Å². The van der Waals surface area contributed by atoms with Crippen molar-refractivity contribution in [3.63, 3.8) is 0 Å². The van der Waals surface area contributed by atoms with E-state index in [9.17, 15) is 4.79 Å². The molecule has 17 heavy (non-hydrogen) atoms. The van der Waals surface area contributed by atoms with Gasteiger partial charge < -0.3 is 5.32 Å². The second-order valence-electron chi connectivity index (χ2n) is 3.62. The number of carbonyl (C=O) groups is 1. The number of urea groups is 1. The first kappa shape index (κ1) is 14.8. The van der Waals surface area contributed by atoms with Gasteiger partial charge in [-0.3, -0.25) is 5.43 Å². The number of nitrogens with one attached hydrogen (secondary N) is 2. The van der Waals surface area contributed by atoms with Crippen LogP contribution in [-0.2, 0) is 0 Å². The van der Waals surface area contributed by atoms with E-state index in [-0.39, 0.29) is 11.8 Å². The van der Waals surface area contributed by atoms with Crippen LogP contribution in [0.4, 0.5) is 4.79 Å². The van der Waals surface area contributed by atoms with Gasteiger partial charge in [-0.25, -0.2) is 4.79 Å². The molecule has 1 rings (SSSR count). The summed E-state index contributed by atoms with van der Waals surface area (Å²) in [4.78, 5) is 15.1. The lowest BCUT2D eigenvalue weighted by molar-refractivity contribution is 0.247. The van der Waals surface area contributed by atoms with Gasteiger partial charge in [0.05, 0.1) is 6.21 Å². The Morgan fingerprint density at radius 2 is 2.06 bits per heavy atom. The zero-order valence-corrected chi connectivity index (χ0v) is 12.0. The van der Waals surface area contributed by atoms with Crippen LogP contribution in [0.15, 0.2) is 10.1 Å². The van der Waals surface area contributed by atoms with E-state index in [0.29, 0.717) is 0 Å². The van der Waals surface area contributed by atoms with Crippen LogP contribution in [0.2, 0.25) is 0 Å². The molecular formula is C8H10Cl4N4O. The largest absolute Gasteiger partial charge is 0.341 e. The van der Waals surface area contributed by atoms with Crippen molar-refractivity contribution in [3.8, 4) is 0 Å². The minimum absolute atomic E-state index is 0.0391. The molecule has 0 aromatic carbocycles. The van der Waals surface area contributed by atoms with Gasteiger partial charge in [0.25, 0.3) is 0 Å². The van der Waals surface area contributed by atoms with Crippen LogP contribution in [-0.4, -0.2) is 32.8 Å². The van der Waals surface area contributed by atoms with Gasteiger partial charge in [-0.1, -0.05) is 46.4 Å². The Kier molecular flexibility index (Phi) is 4.52. The summed E-state index contributed by atoms with van der Waals surface area (Å²) in [6.45, 7) is 3.58. The fraction of sp³-hybridized carbons (Fsp3) is 0.625. The molecule has 9 heteroatoms. The maximum Gasteiger partial charge on any atom is 0.341 e. The number of aliphatic imine (C=N–C) groups is 1. The van der Waals surface area contributed by atoms with Gasteiger partial charge in [-0.15, -0.1) is 0 Å². The number of hydrazone groups is 1. The van der Waals surface area contributed by atoms with E-state index in [4.69, 9.17) is 46.4 Å². The topological polar surface area (TPSA) is 65.8 Å². The quantitative estimate of drug-likeness (QED) is 0.576. The Morgan fingerprint density at radius 3 is 2.59 bits per heavy atom. The van der Waals surface area contributed by atoms with Gasteiger partial charge in [-0.05, 0) is 13.8 Å². The summed E-state index contributed by atoms with van der Waals surface area (Å²) in [5.41, 5.74) is 2.28. The second kappa shape index (κ2) is 5.18. The van der Waals surface area contributed by atoms with Crippen LogP contribution in [0, 0.1) is 0 Å². The maximum atomic E-state index is 11.4. The van der Waals surface area contributed by atoms with E-state index < -0.39 is 14.8 Å². The monoisotopic (exact) mass is 318 g/mol. The van der Waals surface area contributed by atoms with Crippen molar-refractivity contribution in [2.24, 2.45) is 10.1 Å². The zero-order chi connectivity index (χ0) is 13.3. The average molecular weight is 320 g/mol. The molecule has 0 aromatic heterocycles. The van der Waals surface area contributed by atoms with E-state index in [1.165, 1.54) is 6.21 Å². The lowest BCUT2D eigenvalue weighted by Crippen LogP contribution is -2.55. The Hall–Kier alpha value is -0.230. The highest BCUT2D eigenvalue weighted by atomic mass is 35.5. The van der Waals surface area contributed by atoms with Crippen molar-refractivity contribution >= 4 is 64.4 Å². The molecule has 0 saturated carbocycles. The van der Waals surface area contributed by atoms with E-state index in [0.717, 1.165) is 0 Å². The first-order valence-corrected chi connectivity index (χ1v) is 6.13. The summed E-state index contributed by atoms with van der Waals surface area (Å²) >= 11 is 23.5. The Morgan fingerprint density at radius 1 is 1.47 bits per heavy atom. The molecule has 1 aliphatic rings. The highest BCUT2D eigenvalue weighted by Crippen LogP contribution is 2.42. The smallest absolute Gasteiger partial charge is 0.334 e. The molecule has 0 aliphatic carbocycles. The van der Waals surface area contributed by atoms with Crippen LogP contribution in [0.1, 0.15) is 13.8 Å². The Bertz CT molecular complexity index is 378. The molecule has 96 valence electrons. The SMILES string of the molecule is CC(C)NC(=O)N=C1C=NNC(Cl)(Cl)C1(Cl)Cl. The number of carbonyl (C=O) groups excluding carboxylic acids is 1. The van der Waals surface area contributed by atoms with Gasteiger partial charge in [0.2, 0.25) is 8.79 Å². The summed E-state index contributed by atoms with van der Waals surface area (Å²) in [6, 6.07) is -0.666. The summed E-state index contributed by atoms with van der Waals surface area (Å²) in [6.07, 6.45) is 1.18. The van der Waals surface area contributed by atoms with Gasteiger partial charge in [-0.2, -0.15) is 10.1 Å². The van der Waals surface area contributed by atoms with Gasteiger partial charge in [0.15, 0.2) is 0 Å². The molecule has 5 nitrogen and oxygen atoms in total. The van der Waals surface area contributed by atoms with Crippen molar-refractivity contribution in [3.05, 3.63) is 0 Å². The summed E-state index contributed by atoms with van der Waals surface area (Å²) in [5, 5.41) is 6.16. The van der Waals surface area contributed by atoms with Crippen molar-refractivity contribution in [1.29, 1.82) is 0 Å². The van der Waals surface area contributed by atoms with Crippen molar-refractivity contribution in [2.75, 3.05) is 0 Å². The molecule has 2 N–H and O–H groups in total. The predicted molar refractivity (Wildman–Crippen MR) is 71.6 cm³/mol. The molecule has 0 atom stereocenters. The molecular weight excluding hydrogens is 310 g/mol. The lowest BCUT2D eigenvalue weighted by atomic mass is 10.2. The van der Waals surface area contributed by atoms with E-state index in [2.05, 4.69) is 20.8 Å². The summed E-state index contributed by atoms with van der Waals surface area (Å²) in [5.74, 6) is 0. The van der Waals surface area contributed by atoms with Crippen LogP contribution >= 0.6 is 46.4 Å². The molecule has 0 saturated heterocycles. The van der Waals surface area contributed by atoms with Gasteiger partial charge in [0, 0.05) is 6.04 Å². The number of amides is 2. The third-order valence-corrected chi connectivity index (χ3v) is 3.82. The molecule has 0 unspecified atom stereocenters. The molecule has 0 radical (unpaired) electrons. The average Bonchev–Trinajstić information content (AvgIpc) is 2.12. The second-order valence-corrected chi connectivity index (χ2v) is 6.27. The summed E-state index contributed by atoms with van der Waals surface area (Å²) in [7, 11) is 0. The third-order valence-electron chi connectivity index (χ3n) is 1.74. The van der Waals surface area contributed by atoms with Crippen molar-refractivity contribution < 1.29 is 4.79 Å². The van der Waals surface area contributed by atoms with Gasteiger partial charge in [0.1, 0.15) is 5.71 Å². The number of halogens is 4. The minimum atomic E-state index is -1.79. The Labute approximate surface area is 119 Å².